The van der Waals surface area contributed by atoms with Crippen LogP contribution in [-0.2, 0) is 0 Å². The minimum absolute atomic E-state index is 0.0823. The highest BCUT2D eigenvalue weighted by atomic mass is 32.1. The first-order chi connectivity index (χ1) is 8.66. The molecule has 18 heavy (non-hydrogen) atoms. The predicted molar refractivity (Wildman–Crippen MR) is 74.0 cm³/mol. The SMILES string of the molecule is O=C(NCC1CCCCC1O)c1ccc(S)cc1. The summed E-state index contributed by atoms with van der Waals surface area (Å²) in [5.74, 6) is 0.118. The molecule has 1 amide bonds. The van der Waals surface area contributed by atoms with Gasteiger partial charge in [-0.25, -0.2) is 0 Å². The molecule has 1 fully saturated rings. The van der Waals surface area contributed by atoms with E-state index in [-0.39, 0.29) is 17.9 Å². The summed E-state index contributed by atoms with van der Waals surface area (Å²) < 4.78 is 0. The van der Waals surface area contributed by atoms with Gasteiger partial charge in [-0.3, -0.25) is 4.79 Å². The number of aliphatic hydroxyl groups is 1. The summed E-state index contributed by atoms with van der Waals surface area (Å²) in [6, 6.07) is 7.12. The number of carbonyl (C=O) groups is 1. The van der Waals surface area contributed by atoms with E-state index in [0.29, 0.717) is 12.1 Å². The lowest BCUT2D eigenvalue weighted by atomic mass is 9.86. The van der Waals surface area contributed by atoms with Crippen LogP contribution >= 0.6 is 12.6 Å². The highest BCUT2D eigenvalue weighted by Gasteiger charge is 2.23. The van der Waals surface area contributed by atoms with E-state index in [1.54, 1.807) is 24.3 Å². The molecule has 0 bridgehead atoms. The van der Waals surface area contributed by atoms with Gasteiger partial charge in [-0.15, -0.1) is 12.6 Å². The predicted octanol–water partition coefficient (Wildman–Crippen LogP) is 2.26. The summed E-state index contributed by atoms with van der Waals surface area (Å²) in [5, 5.41) is 12.7. The Balaban J connectivity index is 1.86. The van der Waals surface area contributed by atoms with Gasteiger partial charge in [0.2, 0.25) is 0 Å². The topological polar surface area (TPSA) is 49.3 Å². The molecule has 1 aromatic rings. The van der Waals surface area contributed by atoms with Crippen LogP contribution < -0.4 is 5.32 Å². The van der Waals surface area contributed by atoms with Crippen molar-refractivity contribution >= 4 is 18.5 Å². The zero-order valence-corrected chi connectivity index (χ0v) is 11.2. The zero-order chi connectivity index (χ0) is 13.0. The van der Waals surface area contributed by atoms with E-state index in [9.17, 15) is 9.90 Å². The Morgan fingerprint density at radius 3 is 2.61 bits per heavy atom. The number of hydrogen-bond acceptors (Lipinski definition) is 3. The Morgan fingerprint density at radius 2 is 1.94 bits per heavy atom. The first kappa shape index (κ1) is 13.4. The molecule has 0 heterocycles. The minimum atomic E-state index is -0.265. The zero-order valence-electron chi connectivity index (χ0n) is 10.3. The normalized spacial score (nSPS) is 23.7. The summed E-state index contributed by atoms with van der Waals surface area (Å²) >= 11 is 4.18. The van der Waals surface area contributed by atoms with Crippen LogP contribution in [0.1, 0.15) is 36.0 Å². The summed E-state index contributed by atoms with van der Waals surface area (Å²) in [5.41, 5.74) is 0.637. The number of nitrogens with one attached hydrogen (secondary N) is 1. The standard InChI is InChI=1S/C14H19NO2S/c16-13-4-2-1-3-11(13)9-15-14(17)10-5-7-12(18)8-6-10/h5-8,11,13,16,18H,1-4,9H2,(H,15,17). The van der Waals surface area contributed by atoms with Crippen molar-refractivity contribution in [2.75, 3.05) is 6.54 Å². The van der Waals surface area contributed by atoms with Crippen molar-refractivity contribution in [1.82, 2.24) is 5.32 Å². The fraction of sp³-hybridized carbons (Fsp3) is 0.500. The molecule has 98 valence electrons. The van der Waals surface area contributed by atoms with Crippen molar-refractivity contribution in [2.45, 2.75) is 36.7 Å². The molecule has 2 unspecified atom stereocenters. The molecular weight excluding hydrogens is 246 g/mol. The Labute approximate surface area is 113 Å². The lowest BCUT2D eigenvalue weighted by molar-refractivity contribution is 0.0663. The molecule has 0 saturated heterocycles. The Kier molecular flexibility index (Phi) is 4.66. The quantitative estimate of drug-likeness (QED) is 0.734. The molecule has 1 aliphatic carbocycles. The number of aliphatic hydroxyl groups excluding tert-OH is 1. The van der Waals surface area contributed by atoms with Crippen LogP contribution in [0.15, 0.2) is 29.2 Å². The first-order valence-corrected chi connectivity index (χ1v) is 6.87. The van der Waals surface area contributed by atoms with Crippen LogP contribution in [0.4, 0.5) is 0 Å². The molecular formula is C14H19NO2S. The van der Waals surface area contributed by atoms with Gasteiger partial charge in [-0.1, -0.05) is 12.8 Å². The van der Waals surface area contributed by atoms with Crippen LogP contribution in [0.5, 0.6) is 0 Å². The van der Waals surface area contributed by atoms with Gasteiger partial charge in [-0.05, 0) is 37.1 Å². The van der Waals surface area contributed by atoms with Gasteiger partial charge < -0.3 is 10.4 Å². The number of hydrogen-bond donors (Lipinski definition) is 3. The number of rotatable bonds is 3. The van der Waals surface area contributed by atoms with Gasteiger partial charge >= 0.3 is 0 Å². The molecule has 0 aliphatic heterocycles. The van der Waals surface area contributed by atoms with Crippen LogP contribution in [0, 0.1) is 5.92 Å². The van der Waals surface area contributed by atoms with Crippen molar-refractivity contribution < 1.29 is 9.90 Å². The molecule has 2 N–H and O–H groups in total. The number of amides is 1. The summed E-state index contributed by atoms with van der Waals surface area (Å²) in [6.45, 7) is 0.558. The van der Waals surface area contributed by atoms with E-state index in [1.165, 1.54) is 0 Å². The molecule has 1 saturated carbocycles. The lowest BCUT2D eigenvalue weighted by Crippen LogP contribution is -2.36. The molecule has 0 radical (unpaired) electrons. The van der Waals surface area contributed by atoms with E-state index in [4.69, 9.17) is 0 Å². The largest absolute Gasteiger partial charge is 0.393 e. The van der Waals surface area contributed by atoms with Crippen molar-refractivity contribution in [3.63, 3.8) is 0 Å². The van der Waals surface area contributed by atoms with E-state index in [1.807, 2.05) is 0 Å². The second-order valence-corrected chi connectivity index (χ2v) is 5.39. The molecule has 2 atom stereocenters. The van der Waals surface area contributed by atoms with Crippen LogP contribution in [0.2, 0.25) is 0 Å². The van der Waals surface area contributed by atoms with Crippen molar-refractivity contribution in [2.24, 2.45) is 5.92 Å². The maximum atomic E-state index is 11.9. The van der Waals surface area contributed by atoms with E-state index in [0.717, 1.165) is 30.6 Å². The van der Waals surface area contributed by atoms with Crippen molar-refractivity contribution in [3.8, 4) is 0 Å². The molecule has 1 aromatic carbocycles. The second kappa shape index (κ2) is 6.25. The average Bonchev–Trinajstić information content (AvgIpc) is 2.38. The Hall–Kier alpha value is -1.00. The first-order valence-electron chi connectivity index (χ1n) is 6.42. The van der Waals surface area contributed by atoms with Gasteiger partial charge in [0.15, 0.2) is 0 Å². The second-order valence-electron chi connectivity index (χ2n) is 4.87. The third kappa shape index (κ3) is 3.50. The molecule has 1 aliphatic rings. The number of carbonyl (C=O) groups excluding carboxylic acids is 1. The molecule has 2 rings (SSSR count). The fourth-order valence-electron chi connectivity index (χ4n) is 2.36. The third-order valence-corrected chi connectivity index (χ3v) is 3.82. The molecule has 0 spiro atoms. The summed E-state index contributed by atoms with van der Waals surface area (Å²) in [6.07, 6.45) is 3.83. The van der Waals surface area contributed by atoms with Gasteiger partial charge in [0.05, 0.1) is 6.10 Å². The highest BCUT2D eigenvalue weighted by molar-refractivity contribution is 7.80. The van der Waals surface area contributed by atoms with Gasteiger partial charge in [0.1, 0.15) is 0 Å². The third-order valence-electron chi connectivity index (χ3n) is 3.52. The average molecular weight is 265 g/mol. The van der Waals surface area contributed by atoms with Crippen LogP contribution in [0.3, 0.4) is 0 Å². The van der Waals surface area contributed by atoms with Crippen molar-refractivity contribution in [1.29, 1.82) is 0 Å². The van der Waals surface area contributed by atoms with Crippen LogP contribution in [0.25, 0.3) is 0 Å². The highest BCUT2D eigenvalue weighted by Crippen LogP contribution is 2.23. The van der Waals surface area contributed by atoms with E-state index >= 15 is 0 Å². The molecule has 0 aromatic heterocycles. The van der Waals surface area contributed by atoms with Gasteiger partial charge in [-0.2, -0.15) is 0 Å². The summed E-state index contributed by atoms with van der Waals surface area (Å²) in [4.78, 5) is 12.7. The van der Waals surface area contributed by atoms with Crippen molar-refractivity contribution in [3.05, 3.63) is 29.8 Å². The van der Waals surface area contributed by atoms with Gasteiger partial charge in [0, 0.05) is 22.9 Å². The monoisotopic (exact) mass is 265 g/mol. The molecule has 3 nitrogen and oxygen atoms in total. The lowest BCUT2D eigenvalue weighted by Gasteiger charge is -2.27. The molecule has 4 heteroatoms. The number of benzene rings is 1. The number of thiol groups is 1. The Morgan fingerprint density at radius 1 is 1.28 bits per heavy atom. The smallest absolute Gasteiger partial charge is 0.251 e. The Bertz CT molecular complexity index is 405. The van der Waals surface area contributed by atoms with Crippen LogP contribution in [-0.4, -0.2) is 23.7 Å². The van der Waals surface area contributed by atoms with E-state index < -0.39 is 0 Å². The maximum absolute atomic E-state index is 11.9. The van der Waals surface area contributed by atoms with Gasteiger partial charge in [0.25, 0.3) is 5.91 Å². The maximum Gasteiger partial charge on any atom is 0.251 e. The minimum Gasteiger partial charge on any atom is -0.393 e. The van der Waals surface area contributed by atoms with E-state index in [2.05, 4.69) is 17.9 Å². The fourth-order valence-corrected chi connectivity index (χ4v) is 2.51. The summed E-state index contributed by atoms with van der Waals surface area (Å²) in [7, 11) is 0.